The summed E-state index contributed by atoms with van der Waals surface area (Å²) in [5.74, 6) is 1.12. The monoisotopic (exact) mass is 423 g/mol. The molecule has 0 saturated carbocycles. The predicted molar refractivity (Wildman–Crippen MR) is 112 cm³/mol. The lowest BCUT2D eigenvalue weighted by atomic mass is 10.2. The van der Waals surface area contributed by atoms with E-state index in [1.54, 1.807) is 35.5 Å². The molecule has 0 unspecified atom stereocenters. The number of aromatic nitrogens is 3. The number of benzene rings is 2. The minimum Gasteiger partial charge on any atom is -0.497 e. The van der Waals surface area contributed by atoms with Crippen molar-refractivity contribution in [1.82, 2.24) is 19.5 Å². The molecule has 0 radical (unpaired) electrons. The quantitative estimate of drug-likeness (QED) is 0.536. The molecule has 30 heavy (non-hydrogen) atoms. The Balaban J connectivity index is 1.34. The second-order valence-corrected chi connectivity index (χ2v) is 8.00. The highest BCUT2D eigenvalue weighted by Gasteiger charge is 2.26. The molecular weight excluding hydrogens is 405 g/mol. The number of amides is 2. The van der Waals surface area contributed by atoms with Gasteiger partial charge in [0, 0.05) is 29.1 Å². The number of thiazole rings is 1. The molecule has 4 aromatic rings. The van der Waals surface area contributed by atoms with Gasteiger partial charge in [0.05, 0.1) is 19.3 Å². The number of carbonyl (C=O) groups excluding carboxylic acids is 1. The summed E-state index contributed by atoms with van der Waals surface area (Å²) in [4.78, 5) is 20.9. The van der Waals surface area contributed by atoms with E-state index in [2.05, 4.69) is 15.4 Å². The number of nitrogens with zero attached hydrogens (tertiary/aromatic N) is 4. The molecular formula is C21H18FN5O2S. The highest BCUT2D eigenvalue weighted by molar-refractivity contribution is 7.17. The summed E-state index contributed by atoms with van der Waals surface area (Å²) in [6.45, 7) is 1.07. The lowest BCUT2D eigenvalue weighted by Gasteiger charge is -2.26. The highest BCUT2D eigenvalue weighted by Crippen LogP contribution is 2.30. The second kappa shape index (κ2) is 7.42. The van der Waals surface area contributed by atoms with Crippen molar-refractivity contribution >= 4 is 28.0 Å². The highest BCUT2D eigenvalue weighted by atomic mass is 32.1. The number of methoxy groups -OCH3 is 1. The van der Waals surface area contributed by atoms with Gasteiger partial charge < -0.3 is 15.0 Å². The Morgan fingerprint density at radius 3 is 2.67 bits per heavy atom. The molecule has 5 rings (SSSR count). The van der Waals surface area contributed by atoms with Crippen molar-refractivity contribution in [3.05, 3.63) is 64.9 Å². The van der Waals surface area contributed by atoms with Crippen molar-refractivity contribution in [2.24, 2.45) is 0 Å². The zero-order valence-electron chi connectivity index (χ0n) is 16.1. The molecule has 0 saturated heterocycles. The van der Waals surface area contributed by atoms with Gasteiger partial charge >= 0.3 is 6.03 Å². The average molecular weight is 423 g/mol. The van der Waals surface area contributed by atoms with Crippen LogP contribution in [0.15, 0.2) is 48.5 Å². The molecule has 1 aliphatic rings. The molecule has 1 aliphatic heterocycles. The third-order valence-corrected chi connectivity index (χ3v) is 6.11. The summed E-state index contributed by atoms with van der Waals surface area (Å²) < 4.78 is 20.1. The molecule has 2 amide bonds. The standard InChI is InChI=1S/C21H18FN5O2S/c1-29-16-8-2-13(3-9-16)19-24-21-27(25-19)17-10-11-26(12-18(17)30-21)20(28)23-15-6-4-14(22)5-7-15/h2-9H,10-12H2,1H3,(H,23,28). The van der Waals surface area contributed by atoms with Crippen LogP contribution in [0.1, 0.15) is 10.6 Å². The van der Waals surface area contributed by atoms with Crippen LogP contribution in [0.2, 0.25) is 0 Å². The van der Waals surface area contributed by atoms with Crippen LogP contribution in [0, 0.1) is 5.82 Å². The van der Waals surface area contributed by atoms with E-state index in [9.17, 15) is 9.18 Å². The normalized spacial score (nSPS) is 13.3. The van der Waals surface area contributed by atoms with E-state index in [4.69, 9.17) is 4.74 Å². The van der Waals surface area contributed by atoms with Gasteiger partial charge in [-0.1, -0.05) is 11.3 Å². The summed E-state index contributed by atoms with van der Waals surface area (Å²) in [7, 11) is 1.63. The van der Waals surface area contributed by atoms with Gasteiger partial charge in [0.25, 0.3) is 0 Å². The Kier molecular flexibility index (Phi) is 4.59. The van der Waals surface area contributed by atoms with Gasteiger partial charge in [-0.3, -0.25) is 0 Å². The first kappa shape index (κ1) is 18.6. The maximum absolute atomic E-state index is 13.0. The maximum Gasteiger partial charge on any atom is 0.322 e. The maximum atomic E-state index is 13.0. The van der Waals surface area contributed by atoms with E-state index in [-0.39, 0.29) is 11.8 Å². The van der Waals surface area contributed by atoms with Crippen LogP contribution in [-0.2, 0) is 13.0 Å². The molecule has 2 aromatic heterocycles. The predicted octanol–water partition coefficient (Wildman–Crippen LogP) is 4.20. The van der Waals surface area contributed by atoms with Crippen molar-refractivity contribution in [3.8, 4) is 17.1 Å². The van der Waals surface area contributed by atoms with Crippen LogP contribution in [0.25, 0.3) is 16.3 Å². The fraction of sp³-hybridized carbons (Fsp3) is 0.190. The zero-order chi connectivity index (χ0) is 20.7. The number of hydrogen-bond donors (Lipinski definition) is 1. The number of anilines is 1. The van der Waals surface area contributed by atoms with Crippen molar-refractivity contribution in [2.45, 2.75) is 13.0 Å². The van der Waals surface area contributed by atoms with Gasteiger partial charge in [-0.2, -0.15) is 4.98 Å². The van der Waals surface area contributed by atoms with Crippen molar-refractivity contribution < 1.29 is 13.9 Å². The molecule has 0 aliphatic carbocycles. The third kappa shape index (κ3) is 3.37. The van der Waals surface area contributed by atoms with Gasteiger partial charge in [-0.15, -0.1) is 5.10 Å². The fourth-order valence-electron chi connectivity index (χ4n) is 3.46. The number of halogens is 1. The first-order valence-corrected chi connectivity index (χ1v) is 10.3. The Hall–Kier alpha value is -3.46. The van der Waals surface area contributed by atoms with Crippen molar-refractivity contribution in [2.75, 3.05) is 19.0 Å². The van der Waals surface area contributed by atoms with Crippen LogP contribution >= 0.6 is 11.3 Å². The van der Waals surface area contributed by atoms with Crippen LogP contribution in [-0.4, -0.2) is 39.2 Å². The molecule has 7 nitrogen and oxygen atoms in total. The van der Waals surface area contributed by atoms with Gasteiger partial charge in [-0.05, 0) is 48.5 Å². The number of ether oxygens (including phenoxy) is 1. The van der Waals surface area contributed by atoms with E-state index in [1.165, 1.54) is 12.1 Å². The SMILES string of the molecule is COc1ccc(-c2nc3sc4c(n3n2)CCN(C(=O)Nc2ccc(F)cc2)C4)cc1. The minimum atomic E-state index is -0.334. The van der Waals surface area contributed by atoms with Crippen LogP contribution in [0.5, 0.6) is 5.75 Å². The summed E-state index contributed by atoms with van der Waals surface area (Å²) in [5.41, 5.74) is 2.59. The lowest BCUT2D eigenvalue weighted by molar-refractivity contribution is 0.206. The first-order chi connectivity index (χ1) is 14.6. The fourth-order valence-corrected chi connectivity index (χ4v) is 4.58. The molecule has 9 heteroatoms. The smallest absolute Gasteiger partial charge is 0.322 e. The lowest BCUT2D eigenvalue weighted by Crippen LogP contribution is -2.38. The summed E-state index contributed by atoms with van der Waals surface area (Å²) in [6.07, 6.45) is 0.692. The van der Waals surface area contributed by atoms with E-state index >= 15 is 0 Å². The molecule has 0 atom stereocenters. The number of urea groups is 1. The topological polar surface area (TPSA) is 71.8 Å². The van der Waals surface area contributed by atoms with Gasteiger partial charge in [0.15, 0.2) is 5.82 Å². The molecule has 3 heterocycles. The molecule has 0 fully saturated rings. The summed E-state index contributed by atoms with van der Waals surface area (Å²) in [6, 6.07) is 13.2. The third-order valence-electron chi connectivity index (χ3n) is 5.05. The van der Waals surface area contributed by atoms with Gasteiger partial charge in [-0.25, -0.2) is 13.7 Å². The van der Waals surface area contributed by atoms with Crippen molar-refractivity contribution in [1.29, 1.82) is 0 Å². The van der Waals surface area contributed by atoms with Crippen LogP contribution in [0.4, 0.5) is 14.9 Å². The van der Waals surface area contributed by atoms with Gasteiger partial charge in [0.1, 0.15) is 11.6 Å². The van der Waals surface area contributed by atoms with Crippen molar-refractivity contribution in [3.63, 3.8) is 0 Å². The number of carbonyl (C=O) groups is 1. The first-order valence-electron chi connectivity index (χ1n) is 9.44. The number of rotatable bonds is 3. The Labute approximate surface area is 175 Å². The van der Waals surface area contributed by atoms with E-state index < -0.39 is 0 Å². The molecule has 2 aromatic carbocycles. The Morgan fingerprint density at radius 2 is 1.93 bits per heavy atom. The summed E-state index contributed by atoms with van der Waals surface area (Å²) >= 11 is 1.55. The van der Waals surface area contributed by atoms with Gasteiger partial charge in [0.2, 0.25) is 4.96 Å². The molecule has 1 N–H and O–H groups in total. The number of hydrogen-bond acceptors (Lipinski definition) is 5. The molecule has 152 valence electrons. The van der Waals surface area contributed by atoms with Crippen LogP contribution < -0.4 is 10.1 Å². The summed E-state index contributed by atoms with van der Waals surface area (Å²) in [5, 5.41) is 7.49. The minimum absolute atomic E-state index is 0.204. The number of fused-ring (bicyclic) bond motifs is 3. The van der Waals surface area contributed by atoms with E-state index in [0.29, 0.717) is 31.0 Å². The van der Waals surface area contributed by atoms with E-state index in [0.717, 1.165) is 26.8 Å². The zero-order valence-corrected chi connectivity index (χ0v) is 16.9. The second-order valence-electron chi connectivity index (χ2n) is 6.94. The molecule has 0 spiro atoms. The Bertz CT molecular complexity index is 1220. The molecule has 0 bridgehead atoms. The Morgan fingerprint density at radius 1 is 1.17 bits per heavy atom. The largest absolute Gasteiger partial charge is 0.497 e. The average Bonchev–Trinajstić information content (AvgIpc) is 3.33. The number of nitrogens with one attached hydrogen (secondary N) is 1. The van der Waals surface area contributed by atoms with Crippen LogP contribution in [0.3, 0.4) is 0 Å². The van der Waals surface area contributed by atoms with E-state index in [1.807, 2.05) is 28.8 Å².